The van der Waals surface area contributed by atoms with E-state index in [2.05, 4.69) is 205 Å². The highest BCUT2D eigenvalue weighted by Gasteiger charge is 2.21. The van der Waals surface area contributed by atoms with Crippen molar-refractivity contribution >= 4 is 61.0 Å². The van der Waals surface area contributed by atoms with Gasteiger partial charge in [-0.2, -0.15) is 0 Å². The first-order valence-electron chi connectivity index (χ1n) is 20.2. The summed E-state index contributed by atoms with van der Waals surface area (Å²) in [5.74, 6) is 0.810. The highest BCUT2D eigenvalue weighted by Crippen LogP contribution is 2.42. The number of nitrogens with one attached hydrogen (secondary N) is 1. The van der Waals surface area contributed by atoms with Crippen molar-refractivity contribution in [2.75, 3.05) is 0 Å². The Labute approximate surface area is 342 Å². The van der Waals surface area contributed by atoms with Crippen LogP contribution in [0.3, 0.4) is 0 Å². The van der Waals surface area contributed by atoms with Gasteiger partial charge in [-0.25, -0.2) is 4.99 Å². The Morgan fingerprint density at radius 2 is 1.12 bits per heavy atom. The molecule has 0 unspecified atom stereocenters. The summed E-state index contributed by atoms with van der Waals surface area (Å²) in [5, 5.41) is 8.52. The second-order valence-electron chi connectivity index (χ2n) is 15.2. The number of hydrogen-bond acceptors (Lipinski definition) is 3. The molecule has 0 aliphatic carbocycles. The lowest BCUT2D eigenvalue weighted by molar-refractivity contribution is 0.669. The highest BCUT2D eigenvalue weighted by atomic mass is 16.3. The van der Waals surface area contributed by atoms with Gasteiger partial charge < -0.3 is 14.3 Å². The predicted octanol–water partition coefficient (Wildman–Crippen LogP) is 14.2. The zero-order chi connectivity index (χ0) is 39.3. The molecule has 0 bridgehead atoms. The van der Waals surface area contributed by atoms with Crippen molar-refractivity contribution in [3.8, 4) is 27.9 Å². The van der Waals surface area contributed by atoms with E-state index in [1.807, 2.05) is 12.1 Å². The number of nitrogens with zero attached hydrogens (tertiary/aromatic N) is 2. The number of para-hydroxylation sites is 2. The Morgan fingerprint density at radius 1 is 0.492 bits per heavy atom. The van der Waals surface area contributed by atoms with E-state index in [1.165, 1.54) is 27.4 Å². The summed E-state index contributed by atoms with van der Waals surface area (Å²) in [5.41, 5.74) is 16.3. The van der Waals surface area contributed by atoms with Crippen LogP contribution in [-0.4, -0.2) is 10.4 Å². The Balaban J connectivity index is 1.05. The SMILES string of the molecule is CC1=C(c2ccccc2-c2cccc3oc4ccc(-c5ccc6c(c5)c5ccccc5n6-c5ccccc5)cc4c23)NC(c2ccccc2)=NC(c2ccccc2)=CC1. The summed E-state index contributed by atoms with van der Waals surface area (Å²) >= 11 is 0. The number of fused-ring (bicyclic) bond motifs is 6. The summed E-state index contributed by atoms with van der Waals surface area (Å²) < 4.78 is 8.96. The zero-order valence-corrected chi connectivity index (χ0v) is 32.6. The van der Waals surface area contributed by atoms with Gasteiger partial charge in [0.15, 0.2) is 0 Å². The van der Waals surface area contributed by atoms with Crippen molar-refractivity contribution in [1.82, 2.24) is 9.88 Å². The number of aromatic nitrogens is 1. The second kappa shape index (κ2) is 14.4. The number of furan rings is 1. The first-order chi connectivity index (χ1) is 29.2. The summed E-state index contributed by atoms with van der Waals surface area (Å²) in [6, 6.07) is 68.7. The maximum absolute atomic E-state index is 6.60. The minimum Gasteiger partial charge on any atom is -0.456 e. The maximum atomic E-state index is 6.60. The van der Waals surface area contributed by atoms with Gasteiger partial charge in [-0.15, -0.1) is 0 Å². The predicted molar refractivity (Wildman–Crippen MR) is 247 cm³/mol. The Bertz CT molecular complexity index is 3310. The van der Waals surface area contributed by atoms with Crippen molar-refractivity contribution < 1.29 is 4.42 Å². The monoisotopic (exact) mass is 757 g/mol. The lowest BCUT2D eigenvalue weighted by Gasteiger charge is -2.22. The summed E-state index contributed by atoms with van der Waals surface area (Å²) in [7, 11) is 0. The fourth-order valence-corrected chi connectivity index (χ4v) is 8.77. The maximum Gasteiger partial charge on any atom is 0.138 e. The van der Waals surface area contributed by atoms with E-state index in [4.69, 9.17) is 9.41 Å². The van der Waals surface area contributed by atoms with E-state index >= 15 is 0 Å². The third kappa shape index (κ3) is 6.05. The average Bonchev–Trinajstić information content (AvgIpc) is 3.84. The molecule has 1 aliphatic heterocycles. The van der Waals surface area contributed by atoms with Crippen molar-refractivity contribution in [2.24, 2.45) is 4.99 Å². The molecule has 2 aromatic heterocycles. The molecule has 0 fully saturated rings. The minimum absolute atomic E-state index is 0.753. The second-order valence-corrected chi connectivity index (χ2v) is 15.2. The van der Waals surface area contributed by atoms with Gasteiger partial charge in [0.05, 0.1) is 16.7 Å². The molecule has 0 amide bonds. The van der Waals surface area contributed by atoms with E-state index < -0.39 is 0 Å². The number of benzene rings is 8. The molecule has 0 spiro atoms. The van der Waals surface area contributed by atoms with Crippen LogP contribution in [0.4, 0.5) is 0 Å². The third-order valence-electron chi connectivity index (χ3n) is 11.6. The van der Waals surface area contributed by atoms with Gasteiger partial charge in [0.2, 0.25) is 0 Å². The number of rotatable bonds is 6. The molecule has 8 aromatic carbocycles. The van der Waals surface area contributed by atoms with E-state index in [1.54, 1.807) is 0 Å². The van der Waals surface area contributed by atoms with E-state index in [9.17, 15) is 0 Å². The largest absolute Gasteiger partial charge is 0.456 e. The van der Waals surface area contributed by atoms with Gasteiger partial charge in [-0.05, 0) is 95.3 Å². The first kappa shape index (κ1) is 34.5. The number of hydrogen-bond donors (Lipinski definition) is 1. The fourth-order valence-electron chi connectivity index (χ4n) is 8.77. The Morgan fingerprint density at radius 3 is 1.92 bits per heavy atom. The van der Waals surface area contributed by atoms with E-state index in [0.29, 0.717) is 0 Å². The van der Waals surface area contributed by atoms with Crippen LogP contribution in [-0.2, 0) is 0 Å². The molecular weight excluding hydrogens is 719 g/mol. The quantitative estimate of drug-likeness (QED) is 0.184. The van der Waals surface area contributed by atoms with Gasteiger partial charge in [0.25, 0.3) is 0 Å². The van der Waals surface area contributed by atoms with Gasteiger partial charge >= 0.3 is 0 Å². The van der Waals surface area contributed by atoms with Crippen LogP contribution >= 0.6 is 0 Å². The molecule has 0 saturated carbocycles. The van der Waals surface area contributed by atoms with Crippen LogP contribution < -0.4 is 5.32 Å². The smallest absolute Gasteiger partial charge is 0.138 e. The lowest BCUT2D eigenvalue weighted by Crippen LogP contribution is -2.25. The Kier molecular flexibility index (Phi) is 8.41. The van der Waals surface area contributed by atoms with Crippen LogP contribution in [0.5, 0.6) is 0 Å². The molecule has 280 valence electrons. The van der Waals surface area contributed by atoms with Crippen LogP contribution in [0, 0.1) is 0 Å². The zero-order valence-electron chi connectivity index (χ0n) is 32.6. The number of amidine groups is 1. The lowest BCUT2D eigenvalue weighted by atomic mass is 9.91. The third-order valence-corrected chi connectivity index (χ3v) is 11.6. The Hall–Kier alpha value is -7.69. The summed E-state index contributed by atoms with van der Waals surface area (Å²) in [4.78, 5) is 5.28. The van der Waals surface area contributed by atoms with E-state index in [0.717, 1.165) is 90.2 Å². The fraction of sp³-hybridized carbons (Fsp3) is 0.0364. The molecule has 59 heavy (non-hydrogen) atoms. The molecule has 0 radical (unpaired) electrons. The molecule has 0 atom stereocenters. The van der Waals surface area contributed by atoms with Gasteiger partial charge in [0, 0.05) is 44.1 Å². The summed E-state index contributed by atoms with van der Waals surface area (Å²) in [6.07, 6.45) is 3.00. The molecule has 10 aromatic rings. The molecule has 3 heterocycles. The molecule has 4 heteroatoms. The van der Waals surface area contributed by atoms with Gasteiger partial charge in [-0.1, -0.05) is 152 Å². The summed E-state index contributed by atoms with van der Waals surface area (Å²) in [6.45, 7) is 2.22. The van der Waals surface area contributed by atoms with E-state index in [-0.39, 0.29) is 0 Å². The molecule has 1 N–H and O–H groups in total. The molecular formula is C55H39N3O. The normalized spacial score (nSPS) is 13.4. The van der Waals surface area contributed by atoms with Crippen molar-refractivity contribution in [3.63, 3.8) is 0 Å². The van der Waals surface area contributed by atoms with Crippen LogP contribution in [0.15, 0.2) is 215 Å². The molecule has 1 aliphatic rings. The number of aliphatic imine (C=N–C) groups is 1. The van der Waals surface area contributed by atoms with Crippen LogP contribution in [0.25, 0.3) is 83.1 Å². The minimum atomic E-state index is 0.753. The van der Waals surface area contributed by atoms with Gasteiger partial charge in [-0.3, -0.25) is 0 Å². The first-order valence-corrected chi connectivity index (χ1v) is 20.2. The van der Waals surface area contributed by atoms with Crippen LogP contribution in [0.2, 0.25) is 0 Å². The molecule has 4 nitrogen and oxygen atoms in total. The van der Waals surface area contributed by atoms with Gasteiger partial charge in [0.1, 0.15) is 17.0 Å². The number of allylic oxidation sites excluding steroid dienone is 2. The topological polar surface area (TPSA) is 42.5 Å². The standard InChI is InChI=1S/C55H39N3O/c1-36-28-31-48(37-16-5-2-6-17-37)56-55(38-18-7-3-8-19-38)57-54(36)45-24-12-11-22-42(45)44-25-15-27-52-53(44)47-35-40(30-33-51(47)59-52)39-29-32-50-46(34-39)43-23-13-14-26-49(43)58(50)41-20-9-4-10-21-41/h2-27,29-35H,28H2,1H3,(H,56,57). The van der Waals surface area contributed by atoms with Crippen molar-refractivity contribution in [2.45, 2.75) is 13.3 Å². The molecule has 11 rings (SSSR count). The highest BCUT2D eigenvalue weighted by molar-refractivity contribution is 6.15. The average molecular weight is 758 g/mol. The van der Waals surface area contributed by atoms with Crippen molar-refractivity contribution in [1.29, 1.82) is 0 Å². The van der Waals surface area contributed by atoms with Crippen molar-refractivity contribution in [3.05, 3.63) is 222 Å². The van der Waals surface area contributed by atoms with Crippen LogP contribution in [0.1, 0.15) is 30.0 Å². The molecule has 0 saturated heterocycles.